The summed E-state index contributed by atoms with van der Waals surface area (Å²) < 4.78 is 5.45. The van der Waals surface area contributed by atoms with E-state index in [1.165, 1.54) is 0 Å². The predicted octanol–water partition coefficient (Wildman–Crippen LogP) is 2.96. The van der Waals surface area contributed by atoms with Crippen LogP contribution in [0.2, 0.25) is 0 Å². The molecule has 6 nitrogen and oxygen atoms in total. The van der Waals surface area contributed by atoms with Gasteiger partial charge in [-0.05, 0) is 31.4 Å². The van der Waals surface area contributed by atoms with Gasteiger partial charge in [-0.2, -0.15) is 0 Å². The molecule has 0 aliphatic heterocycles. The maximum atomic E-state index is 11.3. The first-order valence-corrected chi connectivity index (χ1v) is 7.45. The van der Waals surface area contributed by atoms with Crippen LogP contribution in [-0.4, -0.2) is 29.3 Å². The van der Waals surface area contributed by atoms with Gasteiger partial charge in [-0.3, -0.25) is 10.1 Å². The van der Waals surface area contributed by atoms with Crippen LogP contribution in [0.25, 0.3) is 0 Å². The van der Waals surface area contributed by atoms with Crippen LogP contribution in [-0.2, 0) is 0 Å². The number of benzene rings is 1. The molecule has 1 fully saturated rings. The summed E-state index contributed by atoms with van der Waals surface area (Å²) in [5, 5.41) is 24.2. The second-order valence-corrected chi connectivity index (χ2v) is 5.40. The summed E-state index contributed by atoms with van der Waals surface area (Å²) in [4.78, 5) is 10.9. The number of aliphatic hydroxyl groups is 1. The average Bonchev–Trinajstić information content (AvgIpc) is 2.87. The van der Waals surface area contributed by atoms with Gasteiger partial charge in [-0.1, -0.05) is 19.4 Å². The summed E-state index contributed by atoms with van der Waals surface area (Å²) in [5.74, 6) is 0.448. The lowest BCUT2D eigenvalue weighted by atomic mass is 10.1. The minimum atomic E-state index is -0.418. The topological polar surface area (TPSA) is 84.6 Å². The smallest absolute Gasteiger partial charge is 0.333 e. The van der Waals surface area contributed by atoms with E-state index in [2.05, 4.69) is 5.32 Å². The predicted molar refractivity (Wildman–Crippen MR) is 80.7 cm³/mol. The zero-order valence-corrected chi connectivity index (χ0v) is 12.2. The van der Waals surface area contributed by atoms with Gasteiger partial charge in [-0.15, -0.1) is 0 Å². The molecule has 1 aliphatic carbocycles. The van der Waals surface area contributed by atoms with Gasteiger partial charge in [-0.25, -0.2) is 0 Å². The van der Waals surface area contributed by atoms with Gasteiger partial charge in [0, 0.05) is 12.5 Å². The molecular formula is C15H22N2O4. The fourth-order valence-corrected chi connectivity index (χ4v) is 2.68. The van der Waals surface area contributed by atoms with E-state index in [0.29, 0.717) is 24.6 Å². The van der Waals surface area contributed by atoms with Crippen molar-refractivity contribution >= 4 is 11.4 Å². The minimum absolute atomic E-state index is 0.0292. The Morgan fingerprint density at radius 1 is 1.48 bits per heavy atom. The number of rotatable bonds is 7. The van der Waals surface area contributed by atoms with E-state index in [4.69, 9.17) is 4.74 Å². The summed E-state index contributed by atoms with van der Waals surface area (Å²) in [5.41, 5.74) is 0.422. The maximum Gasteiger partial charge on any atom is 0.333 e. The first kappa shape index (κ1) is 15.6. The molecule has 0 bridgehead atoms. The zero-order chi connectivity index (χ0) is 15.2. The van der Waals surface area contributed by atoms with Crippen LogP contribution < -0.4 is 10.1 Å². The molecule has 1 aliphatic rings. The standard InChI is InChI=1S/C15H22N2O4/c1-2-9-21-14-8-4-6-12(15(14)17(19)20)16-10-11-5-3-7-13(11)18/h4,6,8,11,13,16,18H,2-3,5,7,9-10H2,1H3. The molecule has 2 rings (SSSR count). The number of anilines is 1. The van der Waals surface area contributed by atoms with Crippen LogP contribution in [0.15, 0.2) is 18.2 Å². The van der Waals surface area contributed by atoms with Crippen molar-refractivity contribution in [2.24, 2.45) is 5.92 Å². The summed E-state index contributed by atoms with van der Waals surface area (Å²) in [7, 11) is 0. The molecule has 0 saturated heterocycles. The SMILES string of the molecule is CCCOc1cccc(NCC2CCCC2O)c1[N+](=O)[O-]. The van der Waals surface area contributed by atoms with Crippen molar-refractivity contribution in [2.75, 3.05) is 18.5 Å². The lowest BCUT2D eigenvalue weighted by molar-refractivity contribution is -0.385. The third kappa shape index (κ3) is 3.85. The van der Waals surface area contributed by atoms with Gasteiger partial charge in [0.1, 0.15) is 5.69 Å². The van der Waals surface area contributed by atoms with E-state index in [1.807, 2.05) is 6.92 Å². The highest BCUT2D eigenvalue weighted by molar-refractivity contribution is 5.68. The molecule has 0 radical (unpaired) electrons. The van der Waals surface area contributed by atoms with Gasteiger partial charge in [0.05, 0.1) is 17.6 Å². The van der Waals surface area contributed by atoms with E-state index in [9.17, 15) is 15.2 Å². The van der Waals surface area contributed by atoms with E-state index >= 15 is 0 Å². The van der Waals surface area contributed by atoms with Gasteiger partial charge in [0.2, 0.25) is 0 Å². The first-order valence-electron chi connectivity index (χ1n) is 7.45. The second kappa shape index (κ2) is 7.26. The summed E-state index contributed by atoms with van der Waals surface area (Å²) in [6.45, 7) is 2.94. The van der Waals surface area contributed by atoms with Crippen molar-refractivity contribution in [3.05, 3.63) is 28.3 Å². The van der Waals surface area contributed by atoms with Crippen molar-refractivity contribution in [2.45, 2.75) is 38.7 Å². The molecule has 6 heteroatoms. The molecule has 116 valence electrons. The monoisotopic (exact) mass is 294 g/mol. The molecule has 0 amide bonds. The number of ether oxygens (including phenoxy) is 1. The normalized spacial score (nSPS) is 21.2. The molecule has 1 aromatic carbocycles. The van der Waals surface area contributed by atoms with Gasteiger partial charge in [0.15, 0.2) is 5.75 Å². The average molecular weight is 294 g/mol. The van der Waals surface area contributed by atoms with E-state index in [1.54, 1.807) is 18.2 Å². The Kier molecular flexibility index (Phi) is 5.38. The zero-order valence-electron chi connectivity index (χ0n) is 12.2. The molecular weight excluding hydrogens is 272 g/mol. The highest BCUT2D eigenvalue weighted by atomic mass is 16.6. The van der Waals surface area contributed by atoms with Crippen LogP contribution in [0, 0.1) is 16.0 Å². The van der Waals surface area contributed by atoms with E-state index in [-0.39, 0.29) is 17.7 Å². The highest BCUT2D eigenvalue weighted by Crippen LogP contribution is 2.35. The maximum absolute atomic E-state index is 11.3. The Balaban J connectivity index is 2.12. The summed E-state index contributed by atoms with van der Waals surface area (Å²) >= 11 is 0. The van der Waals surface area contributed by atoms with Crippen LogP contribution in [0.4, 0.5) is 11.4 Å². The molecule has 2 N–H and O–H groups in total. The fraction of sp³-hybridized carbons (Fsp3) is 0.600. The second-order valence-electron chi connectivity index (χ2n) is 5.40. The van der Waals surface area contributed by atoms with Crippen LogP contribution in [0.3, 0.4) is 0 Å². The molecule has 0 spiro atoms. The van der Waals surface area contributed by atoms with Gasteiger partial charge in [0.25, 0.3) is 0 Å². The lowest BCUT2D eigenvalue weighted by Crippen LogP contribution is -2.22. The highest BCUT2D eigenvalue weighted by Gasteiger charge is 2.26. The Hall–Kier alpha value is -1.82. The fourth-order valence-electron chi connectivity index (χ4n) is 2.68. The minimum Gasteiger partial charge on any atom is -0.487 e. The number of nitro benzene ring substituents is 1. The van der Waals surface area contributed by atoms with Crippen LogP contribution >= 0.6 is 0 Å². The Morgan fingerprint density at radius 2 is 2.29 bits per heavy atom. The Labute approximate surface area is 124 Å². The van der Waals surface area contributed by atoms with Crippen LogP contribution in [0.5, 0.6) is 5.75 Å². The van der Waals surface area contributed by atoms with Gasteiger partial charge >= 0.3 is 5.69 Å². The molecule has 1 aromatic rings. The van der Waals surface area contributed by atoms with Crippen molar-refractivity contribution in [3.63, 3.8) is 0 Å². The number of aliphatic hydroxyl groups excluding tert-OH is 1. The Bertz CT molecular complexity index is 493. The number of para-hydroxylation sites is 1. The molecule has 0 aromatic heterocycles. The van der Waals surface area contributed by atoms with Crippen molar-refractivity contribution in [1.82, 2.24) is 0 Å². The van der Waals surface area contributed by atoms with Crippen LogP contribution in [0.1, 0.15) is 32.6 Å². The van der Waals surface area contributed by atoms with E-state index in [0.717, 1.165) is 25.7 Å². The van der Waals surface area contributed by atoms with Crippen molar-refractivity contribution in [1.29, 1.82) is 0 Å². The lowest BCUT2D eigenvalue weighted by Gasteiger charge is -2.16. The third-order valence-corrected chi connectivity index (χ3v) is 3.82. The number of nitro groups is 1. The quantitative estimate of drug-likeness (QED) is 0.596. The van der Waals surface area contributed by atoms with Crippen molar-refractivity contribution < 1.29 is 14.8 Å². The first-order chi connectivity index (χ1) is 10.1. The number of hydrogen-bond acceptors (Lipinski definition) is 5. The Morgan fingerprint density at radius 3 is 2.90 bits per heavy atom. The molecule has 2 unspecified atom stereocenters. The number of nitrogens with one attached hydrogen (secondary N) is 1. The largest absolute Gasteiger partial charge is 0.487 e. The summed E-state index contributed by atoms with van der Waals surface area (Å²) in [6.07, 6.45) is 3.26. The molecule has 1 saturated carbocycles. The number of nitrogens with zero attached hydrogens (tertiary/aromatic N) is 1. The molecule has 21 heavy (non-hydrogen) atoms. The van der Waals surface area contributed by atoms with E-state index < -0.39 is 4.92 Å². The van der Waals surface area contributed by atoms with Crippen molar-refractivity contribution in [3.8, 4) is 5.75 Å². The van der Waals surface area contributed by atoms with Gasteiger partial charge < -0.3 is 15.2 Å². The molecule has 2 atom stereocenters. The summed E-state index contributed by atoms with van der Waals surface area (Å²) in [6, 6.07) is 5.03. The third-order valence-electron chi connectivity index (χ3n) is 3.82. The number of hydrogen-bond donors (Lipinski definition) is 2. The molecule has 0 heterocycles.